The number of hydrogen-bond donors (Lipinski definition) is 1. The highest BCUT2D eigenvalue weighted by Gasteiger charge is 2.25. The van der Waals surface area contributed by atoms with E-state index in [0.29, 0.717) is 34.7 Å². The number of rotatable bonds is 6. The van der Waals surface area contributed by atoms with Crippen molar-refractivity contribution in [3.05, 3.63) is 94.2 Å². The van der Waals surface area contributed by atoms with Gasteiger partial charge in [-0.05, 0) is 67.3 Å². The summed E-state index contributed by atoms with van der Waals surface area (Å²) in [5.74, 6) is 0.515. The van der Waals surface area contributed by atoms with Crippen LogP contribution in [0.2, 0.25) is 0 Å². The number of nitrogens with zero attached hydrogens (tertiary/aromatic N) is 1. The number of carboxylic acids is 1. The molecule has 0 aliphatic carbocycles. The fourth-order valence-corrected chi connectivity index (χ4v) is 4.94. The van der Waals surface area contributed by atoms with Gasteiger partial charge in [0.15, 0.2) is 0 Å². The number of benzene rings is 3. The molecule has 1 aliphatic heterocycles. The van der Waals surface area contributed by atoms with Gasteiger partial charge >= 0.3 is 5.97 Å². The Morgan fingerprint density at radius 2 is 1.83 bits per heavy atom. The average Bonchev–Trinajstić information content (AvgIpc) is 3.37. The highest BCUT2D eigenvalue weighted by Crippen LogP contribution is 2.33. The minimum absolute atomic E-state index is 0.0470. The van der Waals surface area contributed by atoms with Gasteiger partial charge in [-0.3, -0.25) is 14.2 Å². The van der Waals surface area contributed by atoms with E-state index < -0.39 is 5.97 Å². The van der Waals surface area contributed by atoms with Gasteiger partial charge in [0, 0.05) is 23.1 Å². The highest BCUT2D eigenvalue weighted by atomic mass is 16.5. The smallest absolute Gasteiger partial charge is 0.307 e. The van der Waals surface area contributed by atoms with E-state index >= 15 is 0 Å². The summed E-state index contributed by atoms with van der Waals surface area (Å²) in [6.45, 7) is 6.14. The summed E-state index contributed by atoms with van der Waals surface area (Å²) in [6.07, 6.45) is 0.630. The second-order valence-electron chi connectivity index (χ2n) is 9.09. The molecule has 1 unspecified atom stereocenters. The molecule has 3 aromatic carbocycles. The molecule has 0 radical (unpaired) electrons. The fourth-order valence-electron chi connectivity index (χ4n) is 4.94. The molecule has 6 heteroatoms. The first kappa shape index (κ1) is 22.7. The van der Waals surface area contributed by atoms with Crippen LogP contribution in [0.5, 0.6) is 11.5 Å². The summed E-state index contributed by atoms with van der Waals surface area (Å²) >= 11 is 0. The second kappa shape index (κ2) is 8.95. The molecule has 0 fully saturated rings. The molecular formula is C29H27NO5. The van der Waals surface area contributed by atoms with Crippen molar-refractivity contribution in [1.29, 1.82) is 0 Å². The Bertz CT molecular complexity index is 1470. The van der Waals surface area contributed by atoms with Gasteiger partial charge in [-0.25, -0.2) is 0 Å². The lowest BCUT2D eigenvalue weighted by Gasteiger charge is -2.15. The fraction of sp³-hybridized carbons (Fsp3) is 0.241. The maximum atomic E-state index is 13.6. The van der Waals surface area contributed by atoms with Gasteiger partial charge in [0.05, 0.1) is 11.9 Å². The lowest BCUT2D eigenvalue weighted by Crippen LogP contribution is -2.22. The predicted molar refractivity (Wildman–Crippen MR) is 134 cm³/mol. The van der Waals surface area contributed by atoms with Crippen LogP contribution in [0.15, 0.2) is 60.7 Å². The van der Waals surface area contributed by atoms with Gasteiger partial charge < -0.3 is 14.6 Å². The van der Waals surface area contributed by atoms with Crippen molar-refractivity contribution in [2.24, 2.45) is 0 Å². The lowest BCUT2D eigenvalue weighted by atomic mass is 10.1. The monoisotopic (exact) mass is 469 g/mol. The Kier molecular flexibility index (Phi) is 5.81. The molecule has 0 spiro atoms. The normalized spacial score (nSPS) is 14.5. The van der Waals surface area contributed by atoms with Gasteiger partial charge in [0.2, 0.25) is 0 Å². The highest BCUT2D eigenvalue weighted by molar-refractivity contribution is 6.05. The summed E-state index contributed by atoms with van der Waals surface area (Å²) in [4.78, 5) is 25.0. The molecular weight excluding hydrogens is 442 g/mol. The molecule has 178 valence electrons. The molecule has 0 bridgehead atoms. The summed E-state index contributed by atoms with van der Waals surface area (Å²) < 4.78 is 13.7. The zero-order valence-electron chi connectivity index (χ0n) is 20.0. The molecule has 35 heavy (non-hydrogen) atoms. The van der Waals surface area contributed by atoms with Crippen LogP contribution >= 0.6 is 0 Å². The van der Waals surface area contributed by atoms with Crippen LogP contribution in [0.4, 0.5) is 0 Å². The second-order valence-corrected chi connectivity index (χ2v) is 9.09. The number of carbonyl (C=O) groups excluding carboxylic acids is 1. The van der Waals surface area contributed by atoms with E-state index in [1.54, 1.807) is 23.6 Å². The molecule has 0 saturated heterocycles. The average molecular weight is 470 g/mol. The van der Waals surface area contributed by atoms with Gasteiger partial charge in [0.25, 0.3) is 5.91 Å². The van der Waals surface area contributed by atoms with Crippen molar-refractivity contribution in [2.45, 2.75) is 39.7 Å². The molecule has 1 aromatic heterocycles. The number of fused-ring (bicyclic) bond motifs is 2. The maximum absolute atomic E-state index is 13.6. The van der Waals surface area contributed by atoms with Crippen LogP contribution < -0.4 is 9.47 Å². The summed E-state index contributed by atoms with van der Waals surface area (Å²) in [6, 6.07) is 19.0. The zero-order valence-corrected chi connectivity index (χ0v) is 20.0. The molecule has 2 heterocycles. The predicted octanol–water partition coefficient (Wildman–Crippen LogP) is 5.26. The SMILES string of the molecule is Cc1cc(OCC2Cc3cccc(C)c3O2)ccc1C(=O)n1c(C)c(CC(=O)O)c2ccccc21. The molecule has 1 atom stereocenters. The van der Waals surface area contributed by atoms with E-state index in [9.17, 15) is 14.7 Å². The molecule has 1 N–H and O–H groups in total. The molecule has 0 amide bonds. The first-order valence-corrected chi connectivity index (χ1v) is 11.7. The van der Waals surface area contributed by atoms with Gasteiger partial charge in [-0.1, -0.05) is 36.4 Å². The number of aliphatic carboxylic acids is 1. The van der Waals surface area contributed by atoms with Crippen LogP contribution in [0, 0.1) is 20.8 Å². The summed E-state index contributed by atoms with van der Waals surface area (Å²) in [7, 11) is 0. The van der Waals surface area contributed by atoms with E-state index in [1.807, 2.05) is 56.3 Å². The third-order valence-electron chi connectivity index (χ3n) is 6.66. The van der Waals surface area contributed by atoms with Crippen molar-refractivity contribution in [3.63, 3.8) is 0 Å². The zero-order chi connectivity index (χ0) is 24.7. The summed E-state index contributed by atoms with van der Waals surface area (Å²) in [5.41, 5.74) is 5.67. The molecule has 4 aromatic rings. The molecule has 6 nitrogen and oxygen atoms in total. The minimum atomic E-state index is -0.925. The number of para-hydroxylation sites is 2. The van der Waals surface area contributed by atoms with E-state index in [1.165, 1.54) is 5.56 Å². The van der Waals surface area contributed by atoms with E-state index in [2.05, 4.69) is 6.07 Å². The molecule has 0 saturated carbocycles. The summed E-state index contributed by atoms with van der Waals surface area (Å²) in [5, 5.41) is 10.2. The Balaban J connectivity index is 1.36. The Morgan fingerprint density at radius 3 is 2.57 bits per heavy atom. The van der Waals surface area contributed by atoms with Crippen LogP contribution in [0.1, 0.15) is 38.3 Å². The van der Waals surface area contributed by atoms with Crippen molar-refractivity contribution >= 4 is 22.8 Å². The number of aromatic nitrogens is 1. The number of hydrogen-bond acceptors (Lipinski definition) is 4. The number of carbonyl (C=O) groups is 2. The number of aryl methyl sites for hydroxylation is 2. The van der Waals surface area contributed by atoms with Crippen molar-refractivity contribution in [3.8, 4) is 11.5 Å². The van der Waals surface area contributed by atoms with Gasteiger partial charge in [0.1, 0.15) is 24.2 Å². The largest absolute Gasteiger partial charge is 0.490 e. The Labute approximate surface area is 203 Å². The van der Waals surface area contributed by atoms with Crippen LogP contribution in [-0.2, 0) is 17.6 Å². The van der Waals surface area contributed by atoms with Crippen molar-refractivity contribution in [1.82, 2.24) is 4.57 Å². The topological polar surface area (TPSA) is 77.8 Å². The lowest BCUT2D eigenvalue weighted by molar-refractivity contribution is -0.136. The number of carboxylic acid groups (broad SMARTS) is 1. The van der Waals surface area contributed by atoms with E-state index in [4.69, 9.17) is 9.47 Å². The number of ether oxygens (including phenoxy) is 2. The van der Waals surface area contributed by atoms with E-state index in [-0.39, 0.29) is 18.4 Å². The standard InChI is InChI=1S/C29H27NO5/c1-17-7-6-8-20-14-22(35-28(17)20)16-34-21-11-12-23(18(2)13-21)29(33)30-19(3)25(15-27(31)32)24-9-4-5-10-26(24)30/h4-13,22H,14-16H2,1-3H3,(H,31,32). The van der Waals surface area contributed by atoms with Crippen molar-refractivity contribution in [2.75, 3.05) is 6.61 Å². The first-order valence-electron chi connectivity index (χ1n) is 11.7. The van der Waals surface area contributed by atoms with Gasteiger partial charge in [-0.2, -0.15) is 0 Å². The third-order valence-corrected chi connectivity index (χ3v) is 6.66. The molecule has 1 aliphatic rings. The first-order chi connectivity index (χ1) is 16.8. The maximum Gasteiger partial charge on any atom is 0.307 e. The quantitative estimate of drug-likeness (QED) is 0.417. The van der Waals surface area contributed by atoms with Crippen LogP contribution in [0.3, 0.4) is 0 Å². The van der Waals surface area contributed by atoms with Crippen LogP contribution in [-0.4, -0.2) is 34.3 Å². The Hall–Kier alpha value is -4.06. The minimum Gasteiger partial charge on any atom is -0.490 e. The van der Waals surface area contributed by atoms with Crippen molar-refractivity contribution < 1.29 is 24.2 Å². The Morgan fingerprint density at radius 1 is 1.03 bits per heavy atom. The van der Waals surface area contributed by atoms with Gasteiger partial charge in [-0.15, -0.1) is 0 Å². The van der Waals surface area contributed by atoms with Crippen LogP contribution in [0.25, 0.3) is 10.9 Å². The molecule has 5 rings (SSSR count). The third kappa shape index (κ3) is 4.16. The van der Waals surface area contributed by atoms with E-state index in [0.717, 1.165) is 28.7 Å².